The number of rotatable bonds is 5. The number of aryl methyl sites for hydroxylation is 1. The Labute approximate surface area is 134 Å². The Morgan fingerprint density at radius 1 is 1.29 bits per heavy atom. The molecule has 0 amide bonds. The second-order valence-corrected chi connectivity index (χ2v) is 8.06. The van der Waals surface area contributed by atoms with Crippen LogP contribution in [0.4, 0.5) is 0 Å². The lowest BCUT2D eigenvalue weighted by molar-refractivity contribution is 0.215. The molecule has 2 heteroatoms. The molecule has 1 unspecified atom stereocenters. The van der Waals surface area contributed by atoms with Gasteiger partial charge in [0.25, 0.3) is 0 Å². The normalized spacial score (nSPS) is 23.7. The van der Waals surface area contributed by atoms with Crippen LogP contribution in [0.5, 0.6) is 0 Å². The lowest BCUT2D eigenvalue weighted by Crippen LogP contribution is -2.35. The third-order valence-corrected chi connectivity index (χ3v) is 5.65. The Morgan fingerprint density at radius 2 is 2.05 bits per heavy atom. The minimum atomic E-state index is 0.543. The van der Waals surface area contributed by atoms with Crippen LogP contribution in [-0.2, 0) is 6.42 Å². The van der Waals surface area contributed by atoms with Crippen molar-refractivity contribution < 1.29 is 0 Å². The average molecular weight is 306 g/mol. The zero-order valence-electron chi connectivity index (χ0n) is 13.4. The van der Waals surface area contributed by atoms with Gasteiger partial charge in [0, 0.05) is 17.6 Å². The highest BCUT2D eigenvalue weighted by atomic mass is 35.5. The SMILES string of the molecule is CC(C)CC1(CNC2CCc3cc(Cl)ccc32)CCCC1. The van der Waals surface area contributed by atoms with Gasteiger partial charge in [-0.2, -0.15) is 0 Å². The van der Waals surface area contributed by atoms with E-state index < -0.39 is 0 Å². The summed E-state index contributed by atoms with van der Waals surface area (Å²) in [5, 5.41) is 4.78. The summed E-state index contributed by atoms with van der Waals surface area (Å²) in [4.78, 5) is 0. The molecule has 2 aliphatic carbocycles. The number of hydrogen-bond acceptors (Lipinski definition) is 1. The molecule has 1 aromatic rings. The lowest BCUT2D eigenvalue weighted by atomic mass is 9.78. The summed E-state index contributed by atoms with van der Waals surface area (Å²) in [6.45, 7) is 5.93. The van der Waals surface area contributed by atoms with Gasteiger partial charge in [0.2, 0.25) is 0 Å². The lowest BCUT2D eigenvalue weighted by Gasteiger charge is -2.33. The number of nitrogens with one attached hydrogen (secondary N) is 1. The van der Waals surface area contributed by atoms with E-state index in [1.807, 2.05) is 6.07 Å². The summed E-state index contributed by atoms with van der Waals surface area (Å²) >= 11 is 6.11. The Hall–Kier alpha value is -0.530. The first-order valence-electron chi connectivity index (χ1n) is 8.60. The van der Waals surface area contributed by atoms with Gasteiger partial charge in [0.1, 0.15) is 0 Å². The molecule has 116 valence electrons. The number of hydrogen-bond donors (Lipinski definition) is 1. The zero-order valence-corrected chi connectivity index (χ0v) is 14.2. The van der Waals surface area contributed by atoms with Crippen LogP contribution in [0, 0.1) is 11.3 Å². The molecular weight excluding hydrogens is 278 g/mol. The standard InChI is InChI=1S/C19H28ClN/c1-14(2)12-19(9-3-4-10-19)13-21-18-8-5-15-11-16(20)6-7-17(15)18/h6-7,11,14,18,21H,3-5,8-10,12-13H2,1-2H3. The molecule has 1 saturated carbocycles. The maximum Gasteiger partial charge on any atom is 0.0408 e. The van der Waals surface area contributed by atoms with Crippen LogP contribution in [0.1, 0.15) is 69.5 Å². The van der Waals surface area contributed by atoms with E-state index in [9.17, 15) is 0 Å². The molecule has 1 nitrogen and oxygen atoms in total. The largest absolute Gasteiger partial charge is 0.309 e. The second-order valence-electron chi connectivity index (χ2n) is 7.62. The monoisotopic (exact) mass is 305 g/mol. The molecular formula is C19H28ClN. The van der Waals surface area contributed by atoms with Crippen molar-refractivity contribution in [2.24, 2.45) is 11.3 Å². The Morgan fingerprint density at radius 3 is 2.76 bits per heavy atom. The molecule has 0 radical (unpaired) electrons. The van der Waals surface area contributed by atoms with Gasteiger partial charge in [-0.15, -0.1) is 0 Å². The van der Waals surface area contributed by atoms with E-state index in [1.54, 1.807) is 0 Å². The highest BCUT2D eigenvalue weighted by Crippen LogP contribution is 2.43. The molecule has 1 atom stereocenters. The summed E-state index contributed by atoms with van der Waals surface area (Å²) in [5.41, 5.74) is 3.49. The summed E-state index contributed by atoms with van der Waals surface area (Å²) in [6.07, 6.45) is 9.45. The molecule has 1 aromatic carbocycles. The molecule has 1 fully saturated rings. The summed E-state index contributed by atoms with van der Waals surface area (Å²) in [7, 11) is 0. The van der Waals surface area contributed by atoms with Crippen LogP contribution < -0.4 is 5.32 Å². The fourth-order valence-corrected chi connectivity index (χ4v) is 4.78. The van der Waals surface area contributed by atoms with E-state index in [4.69, 9.17) is 11.6 Å². The van der Waals surface area contributed by atoms with Gasteiger partial charge in [0.15, 0.2) is 0 Å². The molecule has 2 aliphatic rings. The maximum atomic E-state index is 6.11. The number of fused-ring (bicyclic) bond motifs is 1. The fourth-order valence-electron chi connectivity index (χ4n) is 4.58. The molecule has 0 heterocycles. The van der Waals surface area contributed by atoms with E-state index in [1.165, 1.54) is 62.6 Å². The van der Waals surface area contributed by atoms with Crippen LogP contribution in [0.3, 0.4) is 0 Å². The van der Waals surface area contributed by atoms with Crippen LogP contribution in [-0.4, -0.2) is 6.54 Å². The maximum absolute atomic E-state index is 6.11. The number of halogens is 1. The highest BCUT2D eigenvalue weighted by Gasteiger charge is 2.35. The van der Waals surface area contributed by atoms with E-state index in [0.717, 1.165) is 10.9 Å². The van der Waals surface area contributed by atoms with Gasteiger partial charge in [0.05, 0.1) is 0 Å². The third kappa shape index (κ3) is 3.46. The average Bonchev–Trinajstić information content (AvgIpc) is 3.03. The van der Waals surface area contributed by atoms with Crippen molar-refractivity contribution in [3.63, 3.8) is 0 Å². The Balaban J connectivity index is 1.65. The summed E-state index contributed by atoms with van der Waals surface area (Å²) in [5.74, 6) is 0.805. The smallest absolute Gasteiger partial charge is 0.0408 e. The van der Waals surface area contributed by atoms with Crippen molar-refractivity contribution in [1.82, 2.24) is 5.32 Å². The summed E-state index contributed by atoms with van der Waals surface area (Å²) < 4.78 is 0. The highest BCUT2D eigenvalue weighted by molar-refractivity contribution is 6.30. The summed E-state index contributed by atoms with van der Waals surface area (Å²) in [6, 6.07) is 6.96. The second kappa shape index (κ2) is 6.30. The number of benzene rings is 1. The first-order chi connectivity index (χ1) is 10.1. The van der Waals surface area contributed by atoms with Crippen molar-refractivity contribution in [3.8, 4) is 0 Å². The topological polar surface area (TPSA) is 12.0 Å². The molecule has 0 bridgehead atoms. The van der Waals surface area contributed by atoms with Crippen LogP contribution in [0.15, 0.2) is 18.2 Å². The molecule has 0 saturated heterocycles. The fraction of sp³-hybridized carbons (Fsp3) is 0.684. The van der Waals surface area contributed by atoms with Gasteiger partial charge < -0.3 is 5.32 Å². The molecule has 3 rings (SSSR count). The van der Waals surface area contributed by atoms with E-state index in [0.29, 0.717) is 11.5 Å². The van der Waals surface area contributed by atoms with Crippen LogP contribution in [0.25, 0.3) is 0 Å². The van der Waals surface area contributed by atoms with E-state index >= 15 is 0 Å². The predicted octanol–water partition coefficient (Wildman–Crippen LogP) is 5.52. The zero-order chi connectivity index (χ0) is 14.9. The minimum Gasteiger partial charge on any atom is -0.309 e. The van der Waals surface area contributed by atoms with Crippen molar-refractivity contribution in [2.75, 3.05) is 6.54 Å². The molecule has 0 aromatic heterocycles. The van der Waals surface area contributed by atoms with Gasteiger partial charge in [-0.25, -0.2) is 0 Å². The Kier molecular flexibility index (Phi) is 4.61. The van der Waals surface area contributed by atoms with E-state index in [-0.39, 0.29) is 0 Å². The Bertz CT molecular complexity index is 488. The van der Waals surface area contributed by atoms with Crippen molar-refractivity contribution in [3.05, 3.63) is 34.3 Å². The van der Waals surface area contributed by atoms with Gasteiger partial charge >= 0.3 is 0 Å². The predicted molar refractivity (Wildman–Crippen MR) is 90.9 cm³/mol. The van der Waals surface area contributed by atoms with Gasteiger partial charge in [-0.3, -0.25) is 0 Å². The minimum absolute atomic E-state index is 0.543. The molecule has 0 spiro atoms. The van der Waals surface area contributed by atoms with Gasteiger partial charge in [-0.1, -0.05) is 44.4 Å². The van der Waals surface area contributed by atoms with Crippen molar-refractivity contribution in [2.45, 2.75) is 64.8 Å². The first-order valence-corrected chi connectivity index (χ1v) is 8.97. The third-order valence-electron chi connectivity index (χ3n) is 5.41. The van der Waals surface area contributed by atoms with E-state index in [2.05, 4.69) is 31.3 Å². The van der Waals surface area contributed by atoms with Crippen LogP contribution >= 0.6 is 11.6 Å². The first kappa shape index (κ1) is 15.4. The molecule has 0 aliphatic heterocycles. The van der Waals surface area contributed by atoms with Crippen LogP contribution in [0.2, 0.25) is 5.02 Å². The van der Waals surface area contributed by atoms with Crippen molar-refractivity contribution in [1.29, 1.82) is 0 Å². The molecule has 1 N–H and O–H groups in total. The van der Waals surface area contributed by atoms with Crippen molar-refractivity contribution >= 4 is 11.6 Å². The van der Waals surface area contributed by atoms with Gasteiger partial charge in [-0.05, 0) is 66.7 Å². The quantitative estimate of drug-likeness (QED) is 0.755. The molecule has 21 heavy (non-hydrogen) atoms.